The van der Waals surface area contributed by atoms with Crippen LogP contribution in [-0.4, -0.2) is 44.0 Å². The van der Waals surface area contributed by atoms with E-state index >= 15 is 0 Å². The summed E-state index contributed by atoms with van der Waals surface area (Å²) in [5.74, 6) is 0.568. The number of Topliss-reactive ketones (excluding diaryl/α,β-unsaturated/α-hetero) is 1. The van der Waals surface area contributed by atoms with Gasteiger partial charge in [-0.3, -0.25) is 9.59 Å². The molecule has 0 radical (unpaired) electrons. The molecule has 2 rings (SSSR count). The van der Waals surface area contributed by atoms with Gasteiger partial charge in [0, 0.05) is 31.1 Å². The molecule has 0 atom stereocenters. The smallest absolute Gasteiger partial charge is 0.243 e. The fourth-order valence-corrected chi connectivity index (χ4v) is 5.23. The maximum absolute atomic E-state index is 12.8. The van der Waals surface area contributed by atoms with Crippen molar-refractivity contribution in [1.82, 2.24) is 9.62 Å². The van der Waals surface area contributed by atoms with E-state index < -0.39 is 10.0 Å². The molecule has 0 aliphatic carbocycles. The monoisotopic (exact) mass is 436 g/mol. The molecule has 6 nitrogen and oxygen atoms in total. The average Bonchev–Trinajstić information content (AvgIpc) is 2.72. The predicted molar refractivity (Wildman–Crippen MR) is 119 cm³/mol. The summed E-state index contributed by atoms with van der Waals surface area (Å²) in [7, 11) is -3.60. The Hall–Kier alpha value is -1.73. The lowest BCUT2D eigenvalue weighted by Crippen LogP contribution is -2.43. The second-order valence-electron chi connectivity index (χ2n) is 8.65. The zero-order valence-electron chi connectivity index (χ0n) is 18.5. The Morgan fingerprint density at radius 3 is 2.20 bits per heavy atom. The number of amides is 1. The number of carbonyl (C=O) groups excluding carboxylic acids is 2. The quantitative estimate of drug-likeness (QED) is 0.420. The van der Waals surface area contributed by atoms with Crippen LogP contribution in [0.3, 0.4) is 0 Å². The number of hydrogen-bond donors (Lipinski definition) is 1. The normalized spacial score (nSPS) is 16.0. The van der Waals surface area contributed by atoms with Gasteiger partial charge < -0.3 is 5.32 Å². The number of carbonyl (C=O) groups is 2. The van der Waals surface area contributed by atoms with Crippen molar-refractivity contribution in [2.45, 2.75) is 70.6 Å². The van der Waals surface area contributed by atoms with Crippen molar-refractivity contribution in [3.05, 3.63) is 29.8 Å². The van der Waals surface area contributed by atoms with Crippen molar-refractivity contribution in [2.24, 2.45) is 11.8 Å². The number of piperidine rings is 1. The molecule has 1 aliphatic rings. The van der Waals surface area contributed by atoms with Crippen LogP contribution < -0.4 is 5.32 Å². The molecule has 0 unspecified atom stereocenters. The van der Waals surface area contributed by atoms with E-state index in [9.17, 15) is 18.0 Å². The molecule has 1 aromatic carbocycles. The highest BCUT2D eigenvalue weighted by Gasteiger charge is 2.32. The van der Waals surface area contributed by atoms with E-state index in [1.807, 2.05) is 0 Å². The highest BCUT2D eigenvalue weighted by atomic mass is 32.2. The van der Waals surface area contributed by atoms with E-state index in [4.69, 9.17) is 0 Å². The van der Waals surface area contributed by atoms with E-state index in [0.29, 0.717) is 38.0 Å². The van der Waals surface area contributed by atoms with Crippen molar-refractivity contribution in [3.63, 3.8) is 0 Å². The summed E-state index contributed by atoms with van der Waals surface area (Å²) < 4.78 is 27.1. The third kappa shape index (κ3) is 7.20. The van der Waals surface area contributed by atoms with Gasteiger partial charge in [-0.05, 0) is 44.2 Å². The first-order chi connectivity index (χ1) is 14.2. The summed E-state index contributed by atoms with van der Waals surface area (Å²) in [6.45, 7) is 7.30. The Morgan fingerprint density at radius 2 is 1.63 bits per heavy atom. The number of benzene rings is 1. The van der Waals surface area contributed by atoms with Crippen LogP contribution in [-0.2, 0) is 14.8 Å². The molecule has 1 fully saturated rings. The van der Waals surface area contributed by atoms with E-state index in [1.54, 1.807) is 0 Å². The van der Waals surface area contributed by atoms with Crippen molar-refractivity contribution in [1.29, 1.82) is 0 Å². The molecule has 0 saturated carbocycles. The molecule has 1 saturated heterocycles. The fourth-order valence-electron chi connectivity index (χ4n) is 3.76. The first kappa shape index (κ1) is 24.5. The maximum Gasteiger partial charge on any atom is 0.243 e. The lowest BCUT2D eigenvalue weighted by molar-refractivity contribution is -0.126. The van der Waals surface area contributed by atoms with Crippen LogP contribution in [0, 0.1) is 11.8 Å². The Bertz CT molecular complexity index is 795. The Morgan fingerprint density at radius 1 is 1.03 bits per heavy atom. The van der Waals surface area contributed by atoms with Crippen molar-refractivity contribution in [2.75, 3.05) is 19.6 Å². The number of nitrogens with zero attached hydrogens (tertiary/aromatic N) is 1. The first-order valence-electron chi connectivity index (χ1n) is 11.1. The van der Waals surface area contributed by atoms with Crippen molar-refractivity contribution >= 4 is 21.7 Å². The van der Waals surface area contributed by atoms with Crippen LogP contribution in [0.4, 0.5) is 0 Å². The Balaban J connectivity index is 1.74. The lowest BCUT2D eigenvalue weighted by atomic mass is 9.97. The van der Waals surface area contributed by atoms with Crippen LogP contribution >= 0.6 is 0 Å². The van der Waals surface area contributed by atoms with Gasteiger partial charge in [-0.1, -0.05) is 51.7 Å². The van der Waals surface area contributed by atoms with Crippen LogP contribution in [0.15, 0.2) is 29.2 Å². The number of hydrogen-bond acceptors (Lipinski definition) is 4. The minimum absolute atomic E-state index is 0.0417. The van der Waals surface area contributed by atoms with Gasteiger partial charge in [0.1, 0.15) is 0 Å². The Kier molecular flexibility index (Phi) is 9.49. The summed E-state index contributed by atoms with van der Waals surface area (Å²) in [4.78, 5) is 24.0. The van der Waals surface area contributed by atoms with Crippen LogP contribution in [0.1, 0.15) is 76.1 Å². The second kappa shape index (κ2) is 11.6. The molecular formula is C23H36N2O4S. The number of ketones is 1. The summed E-state index contributed by atoms with van der Waals surface area (Å²) in [5.41, 5.74) is 0.490. The third-order valence-electron chi connectivity index (χ3n) is 5.73. The highest BCUT2D eigenvalue weighted by Crippen LogP contribution is 2.24. The largest absolute Gasteiger partial charge is 0.356 e. The summed E-state index contributed by atoms with van der Waals surface area (Å²) >= 11 is 0. The lowest BCUT2D eigenvalue weighted by Gasteiger charge is -2.30. The molecule has 1 amide bonds. The van der Waals surface area contributed by atoms with Gasteiger partial charge in [0.2, 0.25) is 15.9 Å². The second-order valence-corrected chi connectivity index (χ2v) is 10.6. The van der Waals surface area contributed by atoms with Gasteiger partial charge in [0.05, 0.1) is 4.90 Å². The van der Waals surface area contributed by atoms with Gasteiger partial charge in [0.25, 0.3) is 0 Å². The van der Waals surface area contributed by atoms with Crippen LogP contribution in [0.25, 0.3) is 0 Å². The fraction of sp³-hybridized carbons (Fsp3) is 0.652. The predicted octanol–water partition coefficient (Wildman–Crippen LogP) is 4.01. The zero-order valence-corrected chi connectivity index (χ0v) is 19.3. The van der Waals surface area contributed by atoms with Crippen molar-refractivity contribution in [3.8, 4) is 0 Å². The van der Waals surface area contributed by atoms with Crippen LogP contribution in [0.2, 0.25) is 0 Å². The number of sulfonamides is 1. The van der Waals surface area contributed by atoms with E-state index in [0.717, 1.165) is 18.8 Å². The SMILES string of the molecule is CC(=O)c1ccc(S(=O)(=O)N2CCC(C(=O)NCCCCCCC(C)C)CC2)cc1. The molecule has 0 bridgehead atoms. The van der Waals surface area contributed by atoms with E-state index in [2.05, 4.69) is 19.2 Å². The maximum atomic E-state index is 12.8. The topological polar surface area (TPSA) is 83.6 Å². The first-order valence-corrected chi connectivity index (χ1v) is 12.5. The number of unbranched alkanes of at least 4 members (excludes halogenated alkanes) is 3. The molecular weight excluding hydrogens is 400 g/mol. The summed E-state index contributed by atoms with van der Waals surface area (Å²) in [6, 6.07) is 6.04. The zero-order chi connectivity index (χ0) is 22.1. The molecule has 1 aliphatic heterocycles. The highest BCUT2D eigenvalue weighted by molar-refractivity contribution is 7.89. The van der Waals surface area contributed by atoms with E-state index in [1.165, 1.54) is 54.8 Å². The molecule has 168 valence electrons. The van der Waals surface area contributed by atoms with Gasteiger partial charge in [0.15, 0.2) is 5.78 Å². The molecule has 1 aromatic rings. The molecule has 7 heteroatoms. The molecule has 1 N–H and O–H groups in total. The summed E-state index contributed by atoms with van der Waals surface area (Å²) in [6.07, 6.45) is 6.90. The van der Waals surface area contributed by atoms with E-state index in [-0.39, 0.29) is 22.5 Å². The van der Waals surface area contributed by atoms with Gasteiger partial charge >= 0.3 is 0 Å². The van der Waals surface area contributed by atoms with Crippen molar-refractivity contribution < 1.29 is 18.0 Å². The van der Waals surface area contributed by atoms with Gasteiger partial charge in [-0.15, -0.1) is 0 Å². The molecule has 1 heterocycles. The third-order valence-corrected chi connectivity index (χ3v) is 7.64. The molecule has 0 aromatic heterocycles. The molecule has 0 spiro atoms. The van der Waals surface area contributed by atoms with Gasteiger partial charge in [-0.25, -0.2) is 8.42 Å². The van der Waals surface area contributed by atoms with Gasteiger partial charge in [-0.2, -0.15) is 4.31 Å². The number of rotatable bonds is 11. The standard InChI is InChI=1S/C23H36N2O4S/c1-18(2)8-6-4-5-7-15-24-23(27)21-13-16-25(17-14-21)30(28,29)22-11-9-20(10-12-22)19(3)26/h9-12,18,21H,4-8,13-17H2,1-3H3,(H,24,27). The van der Waals surface area contributed by atoms with Crippen LogP contribution in [0.5, 0.6) is 0 Å². The minimum Gasteiger partial charge on any atom is -0.356 e. The number of nitrogens with one attached hydrogen (secondary N) is 1. The molecule has 30 heavy (non-hydrogen) atoms. The summed E-state index contributed by atoms with van der Waals surface area (Å²) in [5, 5.41) is 3.02. The Labute approximate surface area is 181 Å². The minimum atomic E-state index is -3.60. The average molecular weight is 437 g/mol.